The lowest BCUT2D eigenvalue weighted by atomic mass is 10.1. The zero-order chi connectivity index (χ0) is 14.4. The molecule has 0 saturated heterocycles. The zero-order valence-electron chi connectivity index (χ0n) is 12.0. The van der Waals surface area contributed by atoms with E-state index < -0.39 is 0 Å². The summed E-state index contributed by atoms with van der Waals surface area (Å²) in [6.07, 6.45) is 2.69. The van der Waals surface area contributed by atoms with Crippen LogP contribution in [-0.2, 0) is 6.54 Å². The van der Waals surface area contributed by atoms with Crippen LogP contribution < -0.4 is 10.9 Å². The van der Waals surface area contributed by atoms with E-state index in [-0.39, 0.29) is 11.6 Å². The molecule has 106 valence electrons. The fourth-order valence-corrected chi connectivity index (χ4v) is 2.14. The van der Waals surface area contributed by atoms with Crippen LogP contribution in [0.3, 0.4) is 0 Å². The molecule has 4 nitrogen and oxygen atoms in total. The van der Waals surface area contributed by atoms with Gasteiger partial charge in [-0.2, -0.15) is 0 Å². The lowest BCUT2D eigenvalue weighted by Crippen LogP contribution is -2.31. The fraction of sp³-hybridized carbons (Fsp3) is 0.375. The molecule has 0 aliphatic carbocycles. The van der Waals surface area contributed by atoms with Gasteiger partial charge < -0.3 is 5.32 Å². The van der Waals surface area contributed by atoms with Crippen molar-refractivity contribution in [3.63, 3.8) is 0 Å². The third-order valence-electron chi connectivity index (χ3n) is 3.24. The summed E-state index contributed by atoms with van der Waals surface area (Å²) in [6, 6.07) is 11.9. The molecule has 1 atom stereocenters. The number of nitrogens with one attached hydrogen (secondary N) is 1. The molecule has 0 spiro atoms. The van der Waals surface area contributed by atoms with Crippen LogP contribution in [0.15, 0.2) is 47.5 Å². The molecular formula is C16H21N3O. The van der Waals surface area contributed by atoms with Gasteiger partial charge in [-0.1, -0.05) is 37.3 Å². The van der Waals surface area contributed by atoms with E-state index in [1.807, 2.05) is 25.1 Å². The minimum Gasteiger partial charge on any atom is -0.308 e. The number of aromatic nitrogens is 2. The van der Waals surface area contributed by atoms with Gasteiger partial charge in [0.05, 0.1) is 12.4 Å². The van der Waals surface area contributed by atoms with Crippen molar-refractivity contribution in [3.8, 4) is 0 Å². The Bertz CT molecular complexity index is 592. The molecule has 4 heteroatoms. The van der Waals surface area contributed by atoms with Crippen molar-refractivity contribution in [2.75, 3.05) is 6.54 Å². The minimum atomic E-state index is -0.00303. The molecule has 2 rings (SSSR count). The van der Waals surface area contributed by atoms with Crippen molar-refractivity contribution < 1.29 is 0 Å². The molecule has 1 N–H and O–H groups in total. The minimum absolute atomic E-state index is 0.00303. The third-order valence-corrected chi connectivity index (χ3v) is 3.24. The van der Waals surface area contributed by atoms with E-state index in [0.29, 0.717) is 6.54 Å². The number of rotatable bonds is 6. The topological polar surface area (TPSA) is 46.9 Å². The molecule has 0 aliphatic heterocycles. The van der Waals surface area contributed by atoms with Gasteiger partial charge >= 0.3 is 0 Å². The Morgan fingerprint density at radius 3 is 2.70 bits per heavy atom. The Balaban J connectivity index is 2.21. The van der Waals surface area contributed by atoms with Crippen LogP contribution in [0, 0.1) is 6.92 Å². The SMILES string of the molecule is CCCNC(Cn1cnc(C)cc1=O)c1ccccc1. The zero-order valence-corrected chi connectivity index (χ0v) is 12.0. The van der Waals surface area contributed by atoms with E-state index in [0.717, 1.165) is 18.7 Å². The molecular weight excluding hydrogens is 250 g/mol. The molecule has 0 aliphatic rings. The van der Waals surface area contributed by atoms with Gasteiger partial charge in [0.15, 0.2) is 0 Å². The first-order valence-corrected chi connectivity index (χ1v) is 7.02. The van der Waals surface area contributed by atoms with Crippen LogP contribution in [0.1, 0.15) is 30.6 Å². The molecule has 0 fully saturated rings. The number of nitrogens with zero attached hydrogens (tertiary/aromatic N) is 2. The van der Waals surface area contributed by atoms with Gasteiger partial charge in [0, 0.05) is 18.3 Å². The Morgan fingerprint density at radius 1 is 1.30 bits per heavy atom. The number of hydrogen-bond acceptors (Lipinski definition) is 3. The van der Waals surface area contributed by atoms with E-state index in [1.54, 1.807) is 17.0 Å². The largest absolute Gasteiger partial charge is 0.308 e. The van der Waals surface area contributed by atoms with E-state index in [2.05, 4.69) is 29.4 Å². The summed E-state index contributed by atoms with van der Waals surface area (Å²) >= 11 is 0. The molecule has 0 bridgehead atoms. The van der Waals surface area contributed by atoms with Crippen molar-refractivity contribution in [1.29, 1.82) is 0 Å². The Morgan fingerprint density at radius 2 is 2.05 bits per heavy atom. The maximum absolute atomic E-state index is 12.0. The Hall–Kier alpha value is -1.94. The van der Waals surface area contributed by atoms with Gasteiger partial charge in [-0.15, -0.1) is 0 Å². The van der Waals surface area contributed by atoms with Crippen molar-refractivity contribution in [2.45, 2.75) is 32.9 Å². The number of hydrogen-bond donors (Lipinski definition) is 1. The highest BCUT2D eigenvalue weighted by Crippen LogP contribution is 2.14. The second-order valence-corrected chi connectivity index (χ2v) is 4.94. The molecule has 0 radical (unpaired) electrons. The average molecular weight is 271 g/mol. The van der Waals surface area contributed by atoms with Gasteiger partial charge in [0.25, 0.3) is 5.56 Å². The highest BCUT2D eigenvalue weighted by Gasteiger charge is 2.11. The Labute approximate surface area is 119 Å². The third kappa shape index (κ3) is 3.78. The van der Waals surface area contributed by atoms with Gasteiger partial charge in [0.2, 0.25) is 0 Å². The van der Waals surface area contributed by atoms with Crippen LogP contribution in [0.5, 0.6) is 0 Å². The fourth-order valence-electron chi connectivity index (χ4n) is 2.14. The van der Waals surface area contributed by atoms with Crippen molar-refractivity contribution in [3.05, 3.63) is 64.3 Å². The van der Waals surface area contributed by atoms with Crippen molar-refractivity contribution in [1.82, 2.24) is 14.9 Å². The first-order chi connectivity index (χ1) is 9.70. The molecule has 0 amide bonds. The second kappa shape index (κ2) is 7.01. The predicted molar refractivity (Wildman–Crippen MR) is 80.7 cm³/mol. The van der Waals surface area contributed by atoms with Crippen LogP contribution in [0.2, 0.25) is 0 Å². The molecule has 1 heterocycles. The quantitative estimate of drug-likeness (QED) is 0.877. The summed E-state index contributed by atoms with van der Waals surface area (Å²) in [4.78, 5) is 16.2. The molecule has 1 aromatic heterocycles. The van der Waals surface area contributed by atoms with Crippen molar-refractivity contribution in [2.24, 2.45) is 0 Å². The molecule has 20 heavy (non-hydrogen) atoms. The van der Waals surface area contributed by atoms with Crippen LogP contribution in [-0.4, -0.2) is 16.1 Å². The summed E-state index contributed by atoms with van der Waals surface area (Å²) in [6.45, 7) is 5.48. The lowest BCUT2D eigenvalue weighted by Gasteiger charge is -2.20. The van der Waals surface area contributed by atoms with E-state index in [4.69, 9.17) is 0 Å². The molecule has 1 aromatic carbocycles. The number of benzene rings is 1. The van der Waals surface area contributed by atoms with Crippen LogP contribution >= 0.6 is 0 Å². The van der Waals surface area contributed by atoms with Gasteiger partial charge in [-0.25, -0.2) is 4.98 Å². The monoisotopic (exact) mass is 271 g/mol. The summed E-state index contributed by atoms with van der Waals surface area (Å²) in [5, 5.41) is 3.49. The first-order valence-electron chi connectivity index (χ1n) is 7.02. The summed E-state index contributed by atoms with van der Waals surface area (Å²) in [5.74, 6) is 0. The van der Waals surface area contributed by atoms with Gasteiger partial charge in [0.1, 0.15) is 0 Å². The maximum Gasteiger partial charge on any atom is 0.253 e. The second-order valence-electron chi connectivity index (χ2n) is 4.94. The lowest BCUT2D eigenvalue weighted by molar-refractivity contribution is 0.452. The van der Waals surface area contributed by atoms with E-state index in [1.165, 1.54) is 5.56 Å². The highest BCUT2D eigenvalue weighted by atomic mass is 16.1. The van der Waals surface area contributed by atoms with E-state index >= 15 is 0 Å². The summed E-state index contributed by atoms with van der Waals surface area (Å²) in [7, 11) is 0. The highest BCUT2D eigenvalue weighted by molar-refractivity contribution is 5.18. The number of aryl methyl sites for hydroxylation is 1. The summed E-state index contributed by atoms with van der Waals surface area (Å²) < 4.78 is 1.66. The smallest absolute Gasteiger partial charge is 0.253 e. The maximum atomic E-state index is 12.0. The Kier molecular flexibility index (Phi) is 5.07. The van der Waals surface area contributed by atoms with Gasteiger partial charge in [-0.05, 0) is 25.5 Å². The normalized spacial score (nSPS) is 12.3. The molecule has 0 saturated carbocycles. The summed E-state index contributed by atoms with van der Waals surface area (Å²) in [5.41, 5.74) is 1.94. The molecule has 2 aromatic rings. The van der Waals surface area contributed by atoms with Gasteiger partial charge in [-0.3, -0.25) is 9.36 Å². The van der Waals surface area contributed by atoms with Crippen LogP contribution in [0.25, 0.3) is 0 Å². The van der Waals surface area contributed by atoms with E-state index in [9.17, 15) is 4.79 Å². The first kappa shape index (κ1) is 14.5. The molecule has 1 unspecified atom stereocenters. The average Bonchev–Trinajstić information content (AvgIpc) is 2.46. The standard InChI is InChI=1S/C16H21N3O/c1-3-9-17-15(14-7-5-4-6-8-14)11-19-12-18-13(2)10-16(19)20/h4-8,10,12,15,17H,3,9,11H2,1-2H3. The van der Waals surface area contributed by atoms with Crippen LogP contribution in [0.4, 0.5) is 0 Å². The predicted octanol–water partition coefficient (Wildman–Crippen LogP) is 2.29. The van der Waals surface area contributed by atoms with Crippen molar-refractivity contribution >= 4 is 0 Å².